The van der Waals surface area contributed by atoms with Crippen LogP contribution in [-0.2, 0) is 6.54 Å². The summed E-state index contributed by atoms with van der Waals surface area (Å²) in [5.74, 6) is -3.58. The predicted molar refractivity (Wildman–Crippen MR) is 69.7 cm³/mol. The summed E-state index contributed by atoms with van der Waals surface area (Å²) in [4.78, 5) is 4.25. The Hall–Kier alpha value is -1.37. The summed E-state index contributed by atoms with van der Waals surface area (Å²) in [7, 11) is 0. The molecule has 3 rings (SSSR count). The Morgan fingerprint density at radius 3 is 2.75 bits per heavy atom. The third-order valence-electron chi connectivity index (χ3n) is 3.54. The van der Waals surface area contributed by atoms with Crippen LogP contribution in [-0.4, -0.2) is 14.8 Å². The number of nitrogens with zero attached hydrogens (tertiary/aromatic N) is 3. The van der Waals surface area contributed by atoms with Crippen LogP contribution >= 0.6 is 15.9 Å². The van der Waals surface area contributed by atoms with E-state index in [2.05, 4.69) is 26.0 Å². The Balaban J connectivity index is 2.12. The number of benzene rings is 1. The van der Waals surface area contributed by atoms with Crippen molar-refractivity contribution in [3.05, 3.63) is 45.7 Å². The smallest absolute Gasteiger partial charge is 0.217 e. The van der Waals surface area contributed by atoms with Crippen molar-refractivity contribution in [2.24, 2.45) is 0 Å². The summed E-state index contributed by atoms with van der Waals surface area (Å²) in [6.45, 7) is 0.690. The van der Waals surface area contributed by atoms with Crippen molar-refractivity contribution in [2.75, 3.05) is 0 Å². The lowest BCUT2D eigenvalue weighted by Crippen LogP contribution is -2.11. The minimum atomic E-state index is -1.43. The van der Waals surface area contributed by atoms with E-state index >= 15 is 0 Å². The molecule has 1 aliphatic heterocycles. The molecule has 1 atom stereocenters. The Morgan fingerprint density at radius 2 is 1.95 bits per heavy atom. The highest BCUT2D eigenvalue weighted by molar-refractivity contribution is 9.10. The summed E-state index contributed by atoms with van der Waals surface area (Å²) in [6.07, 6.45) is 2.38. The molecule has 1 aliphatic rings. The average Bonchev–Trinajstić information content (AvgIpc) is 2.68. The molecule has 2 aromatic rings. The fraction of sp³-hybridized carbons (Fsp3) is 0.385. The number of hydrogen-bond acceptors (Lipinski definition) is 2. The molecule has 1 unspecified atom stereocenters. The van der Waals surface area contributed by atoms with Crippen LogP contribution in [0.25, 0.3) is 0 Å². The van der Waals surface area contributed by atoms with Crippen LogP contribution in [0.3, 0.4) is 0 Å². The predicted octanol–water partition coefficient (Wildman–Crippen LogP) is 3.77. The maximum absolute atomic E-state index is 14.0. The first kappa shape index (κ1) is 13.6. The molecule has 7 heteroatoms. The van der Waals surface area contributed by atoms with Crippen molar-refractivity contribution in [1.29, 1.82) is 0 Å². The van der Waals surface area contributed by atoms with Crippen LogP contribution in [0, 0.1) is 17.5 Å². The molecule has 2 heterocycles. The molecule has 1 aromatic carbocycles. The monoisotopic (exact) mass is 345 g/mol. The van der Waals surface area contributed by atoms with Crippen LogP contribution in [0.2, 0.25) is 0 Å². The largest absolute Gasteiger partial charge is 0.248 e. The first-order chi connectivity index (χ1) is 9.58. The summed E-state index contributed by atoms with van der Waals surface area (Å²) in [5.41, 5.74) is 0.131. The number of rotatable bonds is 1. The maximum Gasteiger partial charge on any atom is 0.217 e. The summed E-state index contributed by atoms with van der Waals surface area (Å²) in [5, 5.41) is 4.19. The van der Waals surface area contributed by atoms with Gasteiger partial charge in [0.1, 0.15) is 5.82 Å². The lowest BCUT2D eigenvalue weighted by molar-refractivity contribution is 0.435. The van der Waals surface area contributed by atoms with Gasteiger partial charge in [-0.2, -0.15) is 0 Å². The highest BCUT2D eigenvalue weighted by Crippen LogP contribution is 2.34. The minimum absolute atomic E-state index is 0.131. The quantitative estimate of drug-likeness (QED) is 0.736. The molecule has 0 saturated carbocycles. The van der Waals surface area contributed by atoms with Gasteiger partial charge in [0.15, 0.2) is 17.5 Å². The van der Waals surface area contributed by atoms with E-state index in [1.165, 1.54) is 6.07 Å². The van der Waals surface area contributed by atoms with Gasteiger partial charge in [-0.25, -0.2) is 22.8 Å². The molecule has 0 amide bonds. The SMILES string of the molecule is Fc1ccc(C2CCCCn3nc(Br)nc32)c(F)c1F. The van der Waals surface area contributed by atoms with Crippen molar-refractivity contribution in [2.45, 2.75) is 31.7 Å². The van der Waals surface area contributed by atoms with E-state index in [-0.39, 0.29) is 5.56 Å². The lowest BCUT2D eigenvalue weighted by atomic mass is 9.93. The van der Waals surface area contributed by atoms with E-state index in [1.807, 2.05) is 0 Å². The van der Waals surface area contributed by atoms with Gasteiger partial charge in [0.2, 0.25) is 4.73 Å². The topological polar surface area (TPSA) is 30.7 Å². The number of aromatic nitrogens is 3. The molecule has 0 radical (unpaired) electrons. The number of fused-ring (bicyclic) bond motifs is 1. The zero-order valence-corrected chi connectivity index (χ0v) is 12.0. The molecular formula is C13H11BrF3N3. The molecule has 0 saturated heterocycles. The second-order valence-corrected chi connectivity index (χ2v) is 5.48. The highest BCUT2D eigenvalue weighted by atomic mass is 79.9. The van der Waals surface area contributed by atoms with E-state index < -0.39 is 23.4 Å². The average molecular weight is 346 g/mol. The van der Waals surface area contributed by atoms with Crippen molar-refractivity contribution in [3.8, 4) is 0 Å². The van der Waals surface area contributed by atoms with Gasteiger partial charge in [-0.05, 0) is 34.8 Å². The van der Waals surface area contributed by atoms with Crippen LogP contribution in [0.1, 0.15) is 36.6 Å². The molecule has 3 nitrogen and oxygen atoms in total. The molecule has 0 bridgehead atoms. The Morgan fingerprint density at radius 1 is 1.15 bits per heavy atom. The molecule has 0 spiro atoms. The number of hydrogen-bond donors (Lipinski definition) is 0. The van der Waals surface area contributed by atoms with Crippen molar-refractivity contribution < 1.29 is 13.2 Å². The third kappa shape index (κ3) is 2.24. The van der Waals surface area contributed by atoms with Crippen LogP contribution in [0.5, 0.6) is 0 Å². The van der Waals surface area contributed by atoms with Gasteiger partial charge < -0.3 is 0 Å². The van der Waals surface area contributed by atoms with Crippen LogP contribution < -0.4 is 0 Å². The first-order valence-corrected chi connectivity index (χ1v) is 7.11. The van der Waals surface area contributed by atoms with E-state index in [1.54, 1.807) is 4.68 Å². The van der Waals surface area contributed by atoms with Gasteiger partial charge in [-0.15, -0.1) is 5.10 Å². The second-order valence-electron chi connectivity index (χ2n) is 4.78. The molecule has 1 aromatic heterocycles. The molecule has 106 valence electrons. The summed E-state index contributed by atoms with van der Waals surface area (Å²) < 4.78 is 42.6. The lowest BCUT2D eigenvalue weighted by Gasteiger charge is -2.15. The van der Waals surface area contributed by atoms with Gasteiger partial charge in [0.25, 0.3) is 0 Å². The molecule has 0 aliphatic carbocycles. The Kier molecular flexibility index (Phi) is 3.54. The molecular weight excluding hydrogens is 335 g/mol. The van der Waals surface area contributed by atoms with Gasteiger partial charge in [0.05, 0.1) is 0 Å². The fourth-order valence-electron chi connectivity index (χ4n) is 2.59. The zero-order chi connectivity index (χ0) is 14.3. The normalized spacial score (nSPS) is 18.7. The van der Waals surface area contributed by atoms with Crippen molar-refractivity contribution in [1.82, 2.24) is 14.8 Å². The standard InChI is InChI=1S/C13H11BrF3N3/c14-13-18-12-8(3-1-2-6-20(12)19-13)7-4-5-9(15)11(17)10(7)16/h4-5,8H,1-3,6H2. The zero-order valence-electron chi connectivity index (χ0n) is 10.4. The van der Waals surface area contributed by atoms with E-state index in [0.717, 1.165) is 18.9 Å². The first-order valence-electron chi connectivity index (χ1n) is 6.31. The third-order valence-corrected chi connectivity index (χ3v) is 3.88. The van der Waals surface area contributed by atoms with Gasteiger partial charge in [-0.3, -0.25) is 0 Å². The highest BCUT2D eigenvalue weighted by Gasteiger charge is 2.28. The van der Waals surface area contributed by atoms with E-state index in [4.69, 9.17) is 0 Å². The van der Waals surface area contributed by atoms with Gasteiger partial charge >= 0.3 is 0 Å². The maximum atomic E-state index is 14.0. The molecule has 0 fully saturated rings. The molecule has 20 heavy (non-hydrogen) atoms. The van der Waals surface area contributed by atoms with Crippen LogP contribution in [0.15, 0.2) is 16.9 Å². The van der Waals surface area contributed by atoms with Gasteiger partial charge in [0, 0.05) is 18.0 Å². The van der Waals surface area contributed by atoms with Crippen LogP contribution in [0.4, 0.5) is 13.2 Å². The van der Waals surface area contributed by atoms with E-state index in [9.17, 15) is 13.2 Å². The Bertz CT molecular complexity index is 657. The molecule has 0 N–H and O–H groups in total. The number of halogens is 4. The minimum Gasteiger partial charge on any atom is -0.248 e. The number of aryl methyl sites for hydroxylation is 1. The van der Waals surface area contributed by atoms with Crippen molar-refractivity contribution >= 4 is 15.9 Å². The van der Waals surface area contributed by atoms with E-state index in [0.29, 0.717) is 23.5 Å². The fourth-order valence-corrected chi connectivity index (χ4v) is 2.96. The Labute approximate surface area is 121 Å². The summed E-state index contributed by atoms with van der Waals surface area (Å²) in [6, 6.07) is 2.24. The second kappa shape index (κ2) is 5.20. The van der Waals surface area contributed by atoms with Crippen molar-refractivity contribution in [3.63, 3.8) is 0 Å². The summed E-state index contributed by atoms with van der Waals surface area (Å²) >= 11 is 3.19. The van der Waals surface area contributed by atoms with Gasteiger partial charge in [-0.1, -0.05) is 12.5 Å².